The van der Waals surface area contributed by atoms with Gasteiger partial charge in [-0.15, -0.1) is 0 Å². The Morgan fingerprint density at radius 1 is 1.22 bits per heavy atom. The van der Waals surface area contributed by atoms with Gasteiger partial charge in [0.1, 0.15) is 23.1 Å². The number of unbranched alkanes of at least 4 members (excludes halogenated alkanes) is 1. The van der Waals surface area contributed by atoms with E-state index in [4.69, 9.17) is 4.74 Å². The number of carbonyl (C=O) groups is 1. The Balaban J connectivity index is 2.08. The predicted molar refractivity (Wildman–Crippen MR) is 91.1 cm³/mol. The SMILES string of the molecule is CCCCNc1cc(C(=O)Nc2ccc(OC)cc2)nc(C)n1. The minimum absolute atomic E-state index is 0.265. The van der Waals surface area contributed by atoms with Gasteiger partial charge >= 0.3 is 0 Å². The number of anilines is 2. The summed E-state index contributed by atoms with van der Waals surface area (Å²) in [5.74, 6) is 1.71. The van der Waals surface area contributed by atoms with Gasteiger partial charge in [-0.2, -0.15) is 0 Å². The summed E-state index contributed by atoms with van der Waals surface area (Å²) < 4.78 is 5.10. The minimum atomic E-state index is -0.265. The molecule has 0 aliphatic carbocycles. The van der Waals surface area contributed by atoms with Crippen molar-refractivity contribution in [2.75, 3.05) is 24.3 Å². The van der Waals surface area contributed by atoms with E-state index in [-0.39, 0.29) is 5.91 Å². The van der Waals surface area contributed by atoms with Crippen LogP contribution in [-0.2, 0) is 0 Å². The zero-order valence-corrected chi connectivity index (χ0v) is 13.7. The third-order valence-corrected chi connectivity index (χ3v) is 3.25. The monoisotopic (exact) mass is 314 g/mol. The number of carbonyl (C=O) groups excluding carboxylic acids is 1. The summed E-state index contributed by atoms with van der Waals surface area (Å²) in [5, 5.41) is 6.03. The second-order valence-corrected chi connectivity index (χ2v) is 5.15. The normalized spacial score (nSPS) is 10.2. The minimum Gasteiger partial charge on any atom is -0.497 e. The number of hydrogen-bond acceptors (Lipinski definition) is 5. The van der Waals surface area contributed by atoms with Gasteiger partial charge in [0, 0.05) is 18.3 Å². The van der Waals surface area contributed by atoms with Crippen LogP contribution in [0.3, 0.4) is 0 Å². The number of benzene rings is 1. The number of nitrogens with one attached hydrogen (secondary N) is 2. The lowest BCUT2D eigenvalue weighted by Crippen LogP contribution is -2.16. The smallest absolute Gasteiger partial charge is 0.274 e. The first-order chi connectivity index (χ1) is 11.1. The molecule has 1 amide bonds. The van der Waals surface area contributed by atoms with Crippen LogP contribution in [0.15, 0.2) is 30.3 Å². The lowest BCUT2D eigenvalue weighted by molar-refractivity contribution is 0.102. The maximum Gasteiger partial charge on any atom is 0.274 e. The number of nitrogens with zero attached hydrogens (tertiary/aromatic N) is 2. The Bertz CT molecular complexity index is 656. The van der Waals surface area contributed by atoms with Gasteiger partial charge in [0.05, 0.1) is 7.11 Å². The first-order valence-electron chi connectivity index (χ1n) is 7.67. The molecule has 0 bridgehead atoms. The lowest BCUT2D eigenvalue weighted by Gasteiger charge is -2.09. The highest BCUT2D eigenvalue weighted by molar-refractivity contribution is 6.03. The average molecular weight is 314 g/mol. The van der Waals surface area contributed by atoms with Crippen LogP contribution in [-0.4, -0.2) is 29.5 Å². The highest BCUT2D eigenvalue weighted by atomic mass is 16.5. The van der Waals surface area contributed by atoms with E-state index < -0.39 is 0 Å². The molecule has 2 N–H and O–H groups in total. The fourth-order valence-corrected chi connectivity index (χ4v) is 2.04. The molecule has 0 radical (unpaired) electrons. The van der Waals surface area contributed by atoms with Crippen molar-refractivity contribution < 1.29 is 9.53 Å². The van der Waals surface area contributed by atoms with Gasteiger partial charge in [-0.05, 0) is 37.6 Å². The lowest BCUT2D eigenvalue weighted by atomic mass is 10.2. The highest BCUT2D eigenvalue weighted by Crippen LogP contribution is 2.16. The Kier molecular flexibility index (Phi) is 5.91. The molecular weight excluding hydrogens is 292 g/mol. The van der Waals surface area contributed by atoms with E-state index >= 15 is 0 Å². The van der Waals surface area contributed by atoms with E-state index in [1.165, 1.54) is 0 Å². The van der Waals surface area contributed by atoms with Gasteiger partial charge in [0.15, 0.2) is 0 Å². The molecule has 0 saturated carbocycles. The molecule has 122 valence electrons. The molecule has 0 aliphatic rings. The maximum absolute atomic E-state index is 12.3. The summed E-state index contributed by atoms with van der Waals surface area (Å²) in [6, 6.07) is 8.81. The van der Waals surface area contributed by atoms with Crippen LogP contribution in [0, 0.1) is 6.92 Å². The molecule has 23 heavy (non-hydrogen) atoms. The highest BCUT2D eigenvalue weighted by Gasteiger charge is 2.11. The molecule has 1 heterocycles. The zero-order valence-electron chi connectivity index (χ0n) is 13.7. The van der Waals surface area contributed by atoms with Crippen molar-refractivity contribution >= 4 is 17.4 Å². The summed E-state index contributed by atoms with van der Waals surface area (Å²) in [4.78, 5) is 20.8. The van der Waals surface area contributed by atoms with E-state index in [2.05, 4.69) is 27.5 Å². The molecule has 0 fully saturated rings. The average Bonchev–Trinajstić information content (AvgIpc) is 2.55. The zero-order chi connectivity index (χ0) is 16.7. The largest absolute Gasteiger partial charge is 0.497 e. The Morgan fingerprint density at radius 2 is 1.96 bits per heavy atom. The van der Waals surface area contributed by atoms with Crippen LogP contribution < -0.4 is 15.4 Å². The van der Waals surface area contributed by atoms with E-state index in [0.29, 0.717) is 23.0 Å². The van der Waals surface area contributed by atoms with Gasteiger partial charge < -0.3 is 15.4 Å². The molecule has 2 rings (SSSR count). The fraction of sp³-hybridized carbons (Fsp3) is 0.353. The third kappa shape index (κ3) is 4.95. The molecular formula is C17H22N4O2. The van der Waals surface area contributed by atoms with Crippen LogP contribution in [0.2, 0.25) is 0 Å². The Hall–Kier alpha value is -2.63. The van der Waals surface area contributed by atoms with Crippen LogP contribution >= 0.6 is 0 Å². The van der Waals surface area contributed by atoms with Crippen molar-refractivity contribution in [3.63, 3.8) is 0 Å². The van der Waals surface area contributed by atoms with E-state index in [9.17, 15) is 4.79 Å². The number of ether oxygens (including phenoxy) is 1. The Labute approximate surface area is 136 Å². The van der Waals surface area contributed by atoms with E-state index in [1.54, 1.807) is 44.4 Å². The van der Waals surface area contributed by atoms with Crippen LogP contribution in [0.5, 0.6) is 5.75 Å². The van der Waals surface area contributed by atoms with Crippen molar-refractivity contribution in [3.05, 3.63) is 41.9 Å². The van der Waals surface area contributed by atoms with E-state index in [1.807, 2.05) is 0 Å². The van der Waals surface area contributed by atoms with Crippen molar-refractivity contribution in [2.45, 2.75) is 26.7 Å². The number of methoxy groups -OCH3 is 1. The molecule has 0 saturated heterocycles. The van der Waals surface area contributed by atoms with Gasteiger partial charge in [0.2, 0.25) is 0 Å². The van der Waals surface area contributed by atoms with E-state index in [0.717, 1.165) is 25.1 Å². The molecule has 0 aliphatic heterocycles. The number of aromatic nitrogens is 2. The summed E-state index contributed by atoms with van der Waals surface area (Å²) in [6.45, 7) is 4.72. The summed E-state index contributed by atoms with van der Waals surface area (Å²) in [5.41, 5.74) is 1.03. The van der Waals surface area contributed by atoms with Gasteiger partial charge in [0.25, 0.3) is 5.91 Å². The molecule has 2 aromatic rings. The Morgan fingerprint density at radius 3 is 2.61 bits per heavy atom. The molecule has 0 unspecified atom stereocenters. The van der Waals surface area contributed by atoms with Crippen molar-refractivity contribution in [3.8, 4) is 5.75 Å². The number of rotatable bonds is 7. The van der Waals surface area contributed by atoms with Crippen LogP contribution in [0.25, 0.3) is 0 Å². The second-order valence-electron chi connectivity index (χ2n) is 5.15. The molecule has 6 nitrogen and oxygen atoms in total. The second kappa shape index (κ2) is 8.12. The summed E-state index contributed by atoms with van der Waals surface area (Å²) >= 11 is 0. The topological polar surface area (TPSA) is 76.1 Å². The van der Waals surface area contributed by atoms with Crippen molar-refractivity contribution in [1.82, 2.24) is 9.97 Å². The number of hydrogen-bond donors (Lipinski definition) is 2. The van der Waals surface area contributed by atoms with Gasteiger partial charge in [-0.1, -0.05) is 13.3 Å². The molecule has 1 aromatic heterocycles. The number of amides is 1. The third-order valence-electron chi connectivity index (χ3n) is 3.25. The van der Waals surface area contributed by atoms with Gasteiger partial charge in [-0.25, -0.2) is 9.97 Å². The first kappa shape index (κ1) is 16.7. The van der Waals surface area contributed by atoms with Crippen LogP contribution in [0.4, 0.5) is 11.5 Å². The number of aryl methyl sites for hydroxylation is 1. The first-order valence-corrected chi connectivity index (χ1v) is 7.67. The fourth-order valence-electron chi connectivity index (χ4n) is 2.04. The predicted octanol–water partition coefficient (Wildman–Crippen LogP) is 3.26. The maximum atomic E-state index is 12.3. The molecule has 1 aromatic carbocycles. The van der Waals surface area contributed by atoms with Crippen molar-refractivity contribution in [1.29, 1.82) is 0 Å². The van der Waals surface area contributed by atoms with Crippen molar-refractivity contribution in [2.24, 2.45) is 0 Å². The standard InChI is InChI=1S/C17H22N4O2/c1-4-5-10-18-16-11-15(19-12(2)20-16)17(22)21-13-6-8-14(23-3)9-7-13/h6-9,11H,4-5,10H2,1-3H3,(H,21,22)(H,18,19,20). The van der Waals surface area contributed by atoms with Gasteiger partial charge in [-0.3, -0.25) is 4.79 Å². The molecule has 6 heteroatoms. The molecule has 0 atom stereocenters. The quantitative estimate of drug-likeness (QED) is 0.767. The summed E-state index contributed by atoms with van der Waals surface area (Å²) in [7, 11) is 1.60. The molecule has 0 spiro atoms. The summed E-state index contributed by atoms with van der Waals surface area (Å²) in [6.07, 6.45) is 2.15. The van der Waals surface area contributed by atoms with Crippen LogP contribution in [0.1, 0.15) is 36.1 Å².